The summed E-state index contributed by atoms with van der Waals surface area (Å²) in [7, 11) is -2.44. The fourth-order valence-corrected chi connectivity index (χ4v) is 5.33. The van der Waals surface area contributed by atoms with Crippen molar-refractivity contribution in [1.29, 1.82) is 0 Å². The van der Waals surface area contributed by atoms with Gasteiger partial charge in [-0.3, -0.25) is 13.9 Å². The molecule has 40 heavy (non-hydrogen) atoms. The van der Waals surface area contributed by atoms with E-state index in [1.165, 1.54) is 24.1 Å². The molecule has 1 atom stereocenters. The molecule has 10 heteroatoms. The van der Waals surface area contributed by atoms with Gasteiger partial charge in [0.1, 0.15) is 18.3 Å². The molecule has 0 radical (unpaired) electrons. The Labute approximate surface area is 241 Å². The Morgan fingerprint density at radius 3 is 2.25 bits per heavy atom. The number of ether oxygens (including phenoxy) is 1. The summed E-state index contributed by atoms with van der Waals surface area (Å²) in [6.45, 7) is 3.98. The first kappa shape index (κ1) is 31.0. The zero-order valence-electron chi connectivity index (χ0n) is 23.3. The minimum atomic E-state index is -3.89. The summed E-state index contributed by atoms with van der Waals surface area (Å²) in [6, 6.07) is 20.7. The number of carbonyl (C=O) groups is 2. The smallest absolute Gasteiger partial charge is 0.244 e. The zero-order chi connectivity index (χ0) is 29.3. The van der Waals surface area contributed by atoms with E-state index in [1.54, 1.807) is 6.07 Å². The van der Waals surface area contributed by atoms with Crippen molar-refractivity contribution in [3.8, 4) is 5.75 Å². The number of benzene rings is 3. The summed E-state index contributed by atoms with van der Waals surface area (Å²) in [6.07, 6.45) is 2.02. The van der Waals surface area contributed by atoms with E-state index in [1.807, 2.05) is 68.4 Å². The fourth-order valence-electron chi connectivity index (χ4n) is 4.23. The molecule has 0 aliphatic carbocycles. The average molecular weight is 586 g/mol. The van der Waals surface area contributed by atoms with Gasteiger partial charge in [-0.1, -0.05) is 78.7 Å². The van der Waals surface area contributed by atoms with Crippen LogP contribution in [0.4, 0.5) is 5.69 Å². The second kappa shape index (κ2) is 14.2. The Balaban J connectivity index is 2.04. The molecule has 0 bridgehead atoms. The van der Waals surface area contributed by atoms with E-state index in [9.17, 15) is 18.0 Å². The molecular weight excluding hydrogens is 550 g/mol. The predicted octanol–water partition coefficient (Wildman–Crippen LogP) is 4.59. The van der Waals surface area contributed by atoms with Crippen LogP contribution in [0.25, 0.3) is 0 Å². The first-order valence-corrected chi connectivity index (χ1v) is 15.2. The van der Waals surface area contributed by atoms with Crippen molar-refractivity contribution in [1.82, 2.24) is 10.2 Å². The van der Waals surface area contributed by atoms with Gasteiger partial charge in [-0.15, -0.1) is 0 Å². The lowest BCUT2D eigenvalue weighted by molar-refractivity contribution is -0.140. The summed E-state index contributed by atoms with van der Waals surface area (Å²) < 4.78 is 32.0. The number of sulfonamides is 1. The van der Waals surface area contributed by atoms with E-state index in [4.69, 9.17) is 16.3 Å². The molecule has 8 nitrogen and oxygen atoms in total. The number of rotatable bonds is 13. The van der Waals surface area contributed by atoms with Gasteiger partial charge in [-0.25, -0.2) is 8.42 Å². The average Bonchev–Trinajstić information content (AvgIpc) is 2.93. The number of hydrogen-bond acceptors (Lipinski definition) is 5. The molecule has 0 aromatic heterocycles. The van der Waals surface area contributed by atoms with Gasteiger partial charge in [0.2, 0.25) is 21.8 Å². The number of methoxy groups -OCH3 is 1. The van der Waals surface area contributed by atoms with Gasteiger partial charge in [0.15, 0.2) is 0 Å². The van der Waals surface area contributed by atoms with Crippen molar-refractivity contribution < 1.29 is 22.7 Å². The predicted molar refractivity (Wildman–Crippen MR) is 159 cm³/mol. The molecule has 0 aliphatic heterocycles. The molecule has 0 unspecified atom stereocenters. The van der Waals surface area contributed by atoms with E-state index < -0.39 is 28.5 Å². The minimum absolute atomic E-state index is 0.122. The lowest BCUT2D eigenvalue weighted by Crippen LogP contribution is -2.53. The van der Waals surface area contributed by atoms with Gasteiger partial charge in [0, 0.05) is 19.5 Å². The van der Waals surface area contributed by atoms with Crippen LogP contribution in [0.1, 0.15) is 30.0 Å². The van der Waals surface area contributed by atoms with Crippen LogP contribution < -0.4 is 14.4 Å². The third kappa shape index (κ3) is 8.47. The summed E-state index contributed by atoms with van der Waals surface area (Å²) in [4.78, 5) is 29.0. The normalized spacial score (nSPS) is 11.9. The number of anilines is 1. The van der Waals surface area contributed by atoms with E-state index >= 15 is 0 Å². The largest absolute Gasteiger partial charge is 0.495 e. The number of amides is 2. The van der Waals surface area contributed by atoms with Crippen LogP contribution in [0.5, 0.6) is 5.75 Å². The third-order valence-electron chi connectivity index (χ3n) is 6.40. The molecule has 1 N–H and O–H groups in total. The van der Waals surface area contributed by atoms with Crippen LogP contribution in [0.3, 0.4) is 0 Å². The van der Waals surface area contributed by atoms with Crippen molar-refractivity contribution in [3.63, 3.8) is 0 Å². The highest BCUT2D eigenvalue weighted by molar-refractivity contribution is 7.92. The molecule has 0 saturated heterocycles. The third-order valence-corrected chi connectivity index (χ3v) is 7.83. The molecule has 0 heterocycles. The lowest BCUT2D eigenvalue weighted by atomic mass is 10.0. The first-order valence-electron chi connectivity index (χ1n) is 13.0. The molecule has 3 aromatic carbocycles. The minimum Gasteiger partial charge on any atom is -0.495 e. The topological polar surface area (TPSA) is 96.0 Å². The number of hydrogen-bond donors (Lipinski definition) is 1. The highest BCUT2D eigenvalue weighted by Crippen LogP contribution is 2.30. The lowest BCUT2D eigenvalue weighted by Gasteiger charge is -2.33. The van der Waals surface area contributed by atoms with E-state index in [0.717, 1.165) is 33.7 Å². The van der Waals surface area contributed by atoms with Crippen LogP contribution in [0.2, 0.25) is 5.02 Å². The number of aryl methyl sites for hydroxylation is 1. The maximum absolute atomic E-state index is 14.0. The molecule has 0 aliphatic rings. The van der Waals surface area contributed by atoms with Gasteiger partial charge in [0.05, 0.1) is 24.1 Å². The molecule has 0 spiro atoms. The summed E-state index contributed by atoms with van der Waals surface area (Å²) in [5.41, 5.74) is 2.97. The number of nitrogens with one attached hydrogen (secondary N) is 1. The van der Waals surface area contributed by atoms with Crippen molar-refractivity contribution in [2.75, 3.05) is 30.8 Å². The molecular formula is C30H36ClN3O5S. The summed E-state index contributed by atoms with van der Waals surface area (Å²) >= 11 is 6.28. The van der Waals surface area contributed by atoms with E-state index in [-0.39, 0.29) is 29.6 Å². The van der Waals surface area contributed by atoms with Gasteiger partial charge in [0.25, 0.3) is 0 Å². The van der Waals surface area contributed by atoms with E-state index in [2.05, 4.69) is 5.32 Å². The molecule has 2 amide bonds. The first-order chi connectivity index (χ1) is 19.0. The van der Waals surface area contributed by atoms with Crippen LogP contribution in [0.15, 0.2) is 72.8 Å². The SMILES string of the molecule is CCCNC(=O)[C@H](Cc1ccccc1)N(Cc1ccc(C)cc1)C(=O)CN(c1ccc(OC)c(Cl)c1)S(C)(=O)=O. The summed E-state index contributed by atoms with van der Waals surface area (Å²) in [5.74, 6) is -0.447. The monoisotopic (exact) mass is 585 g/mol. The van der Waals surface area contributed by atoms with Crippen LogP contribution in [0, 0.1) is 6.92 Å². The van der Waals surface area contributed by atoms with Gasteiger partial charge < -0.3 is 15.0 Å². The number of nitrogens with zero attached hydrogens (tertiary/aromatic N) is 2. The van der Waals surface area contributed by atoms with Crippen molar-refractivity contribution in [3.05, 3.63) is 94.5 Å². The maximum Gasteiger partial charge on any atom is 0.244 e. The quantitative estimate of drug-likeness (QED) is 0.317. The Kier molecular flexibility index (Phi) is 11.0. The zero-order valence-corrected chi connectivity index (χ0v) is 24.8. The molecule has 3 aromatic rings. The Morgan fingerprint density at radius 2 is 1.68 bits per heavy atom. The molecule has 0 saturated carbocycles. The van der Waals surface area contributed by atoms with Crippen LogP contribution >= 0.6 is 11.6 Å². The van der Waals surface area contributed by atoms with Gasteiger partial charge in [-0.05, 0) is 42.7 Å². The van der Waals surface area contributed by atoms with E-state index in [0.29, 0.717) is 12.3 Å². The highest BCUT2D eigenvalue weighted by atomic mass is 35.5. The number of carbonyl (C=O) groups excluding carboxylic acids is 2. The van der Waals surface area contributed by atoms with Gasteiger partial charge >= 0.3 is 0 Å². The summed E-state index contributed by atoms with van der Waals surface area (Å²) in [5, 5.41) is 3.13. The van der Waals surface area contributed by atoms with Gasteiger partial charge in [-0.2, -0.15) is 0 Å². The van der Waals surface area contributed by atoms with Crippen LogP contribution in [-0.2, 0) is 32.6 Å². The highest BCUT2D eigenvalue weighted by Gasteiger charge is 2.33. The molecule has 3 rings (SSSR count). The second-order valence-corrected chi connectivity index (χ2v) is 11.9. The Hall–Kier alpha value is -3.56. The Morgan fingerprint density at radius 1 is 1.00 bits per heavy atom. The Bertz CT molecular complexity index is 1400. The second-order valence-electron chi connectivity index (χ2n) is 9.59. The fraction of sp³-hybridized carbons (Fsp3) is 0.333. The van der Waals surface area contributed by atoms with Crippen LogP contribution in [-0.4, -0.2) is 57.6 Å². The van der Waals surface area contributed by atoms with Crippen molar-refractivity contribution in [2.24, 2.45) is 0 Å². The standard InChI is InChI=1S/C30H36ClN3O5S/c1-5-17-32-30(36)27(18-23-9-7-6-8-10-23)33(20-24-13-11-22(2)12-14-24)29(35)21-34(40(4,37)38)25-15-16-28(39-3)26(31)19-25/h6-16,19,27H,5,17-18,20-21H2,1-4H3,(H,32,36)/t27-/m0/s1. The van der Waals surface area contributed by atoms with Crippen molar-refractivity contribution in [2.45, 2.75) is 39.3 Å². The number of halogens is 1. The maximum atomic E-state index is 14.0. The molecule has 0 fully saturated rings. The molecule has 214 valence electrons. The van der Waals surface area contributed by atoms with Crippen molar-refractivity contribution >= 4 is 39.1 Å².